The molecule has 0 radical (unpaired) electrons. The van der Waals surface area contributed by atoms with E-state index in [1.54, 1.807) is 4.68 Å². The Balaban J connectivity index is 2.49. The summed E-state index contributed by atoms with van der Waals surface area (Å²) < 4.78 is 2.88. The highest BCUT2D eigenvalue weighted by Crippen LogP contribution is 2.24. The molecule has 1 N–H and O–H groups in total. The summed E-state index contributed by atoms with van der Waals surface area (Å²) in [5.41, 5.74) is 3.33. The summed E-state index contributed by atoms with van der Waals surface area (Å²) in [4.78, 5) is 0. The van der Waals surface area contributed by atoms with E-state index in [2.05, 4.69) is 62.8 Å². The predicted molar refractivity (Wildman–Crippen MR) is 69.1 cm³/mol. The van der Waals surface area contributed by atoms with Gasteiger partial charge < -0.3 is 5.32 Å². The van der Waals surface area contributed by atoms with E-state index in [0.29, 0.717) is 6.54 Å². The van der Waals surface area contributed by atoms with Gasteiger partial charge in [0, 0.05) is 4.47 Å². The van der Waals surface area contributed by atoms with E-state index in [1.165, 1.54) is 11.1 Å². The largest absolute Gasteiger partial charge is 0.313 e. The van der Waals surface area contributed by atoms with Crippen LogP contribution >= 0.6 is 15.9 Å². The van der Waals surface area contributed by atoms with E-state index in [-0.39, 0.29) is 0 Å². The minimum atomic E-state index is 0.640. The molecule has 0 fully saturated rings. The Kier molecular flexibility index (Phi) is 3.54. The maximum Gasteiger partial charge on any atom is 0.170 e. The molecule has 2 rings (SSSR count). The van der Waals surface area contributed by atoms with Gasteiger partial charge in [-0.15, -0.1) is 5.10 Å². The second-order valence-electron chi connectivity index (χ2n) is 3.93. The SMILES string of the molecule is CNCc1nnnn1-c1cc(C)c(Br)c(C)c1. The molecule has 6 heteroatoms. The molecule has 1 heterocycles. The number of aryl methyl sites for hydroxylation is 2. The van der Waals surface area contributed by atoms with E-state index in [0.717, 1.165) is 16.0 Å². The van der Waals surface area contributed by atoms with Crippen LogP contribution in [0.2, 0.25) is 0 Å². The van der Waals surface area contributed by atoms with E-state index in [9.17, 15) is 0 Å². The van der Waals surface area contributed by atoms with Gasteiger partial charge in [0.2, 0.25) is 0 Å². The quantitative estimate of drug-likeness (QED) is 0.937. The van der Waals surface area contributed by atoms with Crippen LogP contribution in [0, 0.1) is 13.8 Å². The van der Waals surface area contributed by atoms with Gasteiger partial charge in [0.25, 0.3) is 0 Å². The van der Waals surface area contributed by atoms with Crippen LogP contribution in [0.3, 0.4) is 0 Å². The van der Waals surface area contributed by atoms with Gasteiger partial charge in [-0.1, -0.05) is 15.9 Å². The molecule has 0 aliphatic carbocycles. The topological polar surface area (TPSA) is 55.6 Å². The molecule has 0 aliphatic rings. The van der Waals surface area contributed by atoms with Crippen molar-refractivity contribution in [2.75, 3.05) is 7.05 Å². The molecule has 5 nitrogen and oxygen atoms in total. The monoisotopic (exact) mass is 295 g/mol. The van der Waals surface area contributed by atoms with Crippen molar-refractivity contribution in [1.82, 2.24) is 25.5 Å². The lowest BCUT2D eigenvalue weighted by atomic mass is 10.1. The Bertz CT molecular complexity index is 511. The summed E-state index contributed by atoms with van der Waals surface area (Å²) >= 11 is 3.55. The first-order valence-electron chi connectivity index (χ1n) is 5.32. The van der Waals surface area contributed by atoms with E-state index < -0.39 is 0 Å². The molecule has 0 aliphatic heterocycles. The Hall–Kier alpha value is -1.27. The smallest absolute Gasteiger partial charge is 0.170 e. The first-order chi connectivity index (χ1) is 8.13. The highest BCUT2D eigenvalue weighted by molar-refractivity contribution is 9.10. The predicted octanol–water partition coefficient (Wildman–Crippen LogP) is 1.76. The van der Waals surface area contributed by atoms with Crippen LogP contribution in [0.25, 0.3) is 5.69 Å². The molecule has 17 heavy (non-hydrogen) atoms. The number of halogens is 1. The third kappa shape index (κ3) is 2.37. The number of benzene rings is 1. The van der Waals surface area contributed by atoms with Crippen LogP contribution in [0.5, 0.6) is 0 Å². The van der Waals surface area contributed by atoms with Crippen molar-refractivity contribution in [2.45, 2.75) is 20.4 Å². The number of tetrazole rings is 1. The van der Waals surface area contributed by atoms with Crippen molar-refractivity contribution in [1.29, 1.82) is 0 Å². The van der Waals surface area contributed by atoms with Crippen molar-refractivity contribution in [3.05, 3.63) is 33.6 Å². The second kappa shape index (κ2) is 4.93. The van der Waals surface area contributed by atoms with Gasteiger partial charge in [-0.3, -0.25) is 0 Å². The third-order valence-corrected chi connectivity index (χ3v) is 3.79. The van der Waals surface area contributed by atoms with Crippen LogP contribution in [0.4, 0.5) is 0 Å². The zero-order valence-corrected chi connectivity index (χ0v) is 11.6. The minimum absolute atomic E-state index is 0.640. The summed E-state index contributed by atoms with van der Waals surface area (Å²) in [6.45, 7) is 4.76. The fraction of sp³-hybridized carbons (Fsp3) is 0.364. The fourth-order valence-electron chi connectivity index (χ4n) is 1.72. The molecule has 90 valence electrons. The number of nitrogens with zero attached hydrogens (tertiary/aromatic N) is 4. The van der Waals surface area contributed by atoms with Gasteiger partial charge in [-0.2, -0.15) is 4.68 Å². The second-order valence-corrected chi connectivity index (χ2v) is 4.72. The molecule has 0 amide bonds. The molecule has 0 atom stereocenters. The fourth-order valence-corrected chi connectivity index (χ4v) is 1.95. The average molecular weight is 296 g/mol. The van der Waals surface area contributed by atoms with E-state index in [4.69, 9.17) is 0 Å². The standard InChI is InChI=1S/C11H14BrN5/c1-7-4-9(5-8(2)11(7)12)17-10(6-13-3)14-15-16-17/h4-5,13H,6H2,1-3H3. The lowest BCUT2D eigenvalue weighted by Crippen LogP contribution is -2.12. The molecule has 0 bridgehead atoms. The van der Waals surface area contributed by atoms with Gasteiger partial charge >= 0.3 is 0 Å². The molecule has 0 saturated carbocycles. The van der Waals surface area contributed by atoms with Crippen molar-refractivity contribution in [3.8, 4) is 5.69 Å². The molecule has 0 saturated heterocycles. The van der Waals surface area contributed by atoms with Gasteiger partial charge in [0.15, 0.2) is 5.82 Å². The molecule has 1 aromatic heterocycles. The van der Waals surface area contributed by atoms with Crippen LogP contribution < -0.4 is 5.32 Å². The van der Waals surface area contributed by atoms with Gasteiger partial charge in [0.1, 0.15) is 0 Å². The average Bonchev–Trinajstić information content (AvgIpc) is 2.74. The lowest BCUT2D eigenvalue weighted by Gasteiger charge is -2.09. The van der Waals surface area contributed by atoms with Crippen LogP contribution in [0.15, 0.2) is 16.6 Å². The summed E-state index contributed by atoms with van der Waals surface area (Å²) in [6, 6.07) is 4.12. The van der Waals surface area contributed by atoms with E-state index >= 15 is 0 Å². The Labute approximate surface area is 108 Å². The van der Waals surface area contributed by atoms with Gasteiger partial charge in [-0.05, 0) is 54.6 Å². The van der Waals surface area contributed by atoms with Crippen LogP contribution in [0.1, 0.15) is 17.0 Å². The highest BCUT2D eigenvalue weighted by Gasteiger charge is 2.09. The summed E-state index contributed by atoms with van der Waals surface area (Å²) in [5.74, 6) is 0.800. The normalized spacial score (nSPS) is 10.8. The summed E-state index contributed by atoms with van der Waals surface area (Å²) in [5, 5.41) is 14.8. The first-order valence-corrected chi connectivity index (χ1v) is 6.11. The van der Waals surface area contributed by atoms with Crippen molar-refractivity contribution in [2.24, 2.45) is 0 Å². The number of hydrogen-bond donors (Lipinski definition) is 1. The Morgan fingerprint density at radius 1 is 1.29 bits per heavy atom. The molecule has 2 aromatic rings. The number of hydrogen-bond acceptors (Lipinski definition) is 4. The van der Waals surface area contributed by atoms with Gasteiger partial charge in [0.05, 0.1) is 12.2 Å². The molecule has 0 spiro atoms. The van der Waals surface area contributed by atoms with Crippen molar-refractivity contribution >= 4 is 15.9 Å². The van der Waals surface area contributed by atoms with Crippen LogP contribution in [-0.2, 0) is 6.54 Å². The first kappa shape index (κ1) is 12.2. The summed E-state index contributed by atoms with van der Waals surface area (Å²) in [7, 11) is 1.87. The van der Waals surface area contributed by atoms with Crippen molar-refractivity contribution < 1.29 is 0 Å². The maximum atomic E-state index is 4.02. The zero-order chi connectivity index (χ0) is 12.4. The molecule has 0 unspecified atom stereocenters. The minimum Gasteiger partial charge on any atom is -0.313 e. The summed E-state index contributed by atoms with van der Waals surface area (Å²) in [6.07, 6.45) is 0. The highest BCUT2D eigenvalue weighted by atomic mass is 79.9. The Morgan fingerprint density at radius 3 is 2.53 bits per heavy atom. The molecule has 1 aromatic carbocycles. The number of aromatic nitrogens is 4. The number of rotatable bonds is 3. The molecular formula is C11H14BrN5. The zero-order valence-electron chi connectivity index (χ0n) is 10.0. The van der Waals surface area contributed by atoms with Gasteiger partial charge in [-0.25, -0.2) is 0 Å². The third-order valence-electron chi connectivity index (χ3n) is 2.53. The van der Waals surface area contributed by atoms with Crippen LogP contribution in [-0.4, -0.2) is 27.3 Å². The maximum absolute atomic E-state index is 4.02. The number of nitrogens with one attached hydrogen (secondary N) is 1. The Morgan fingerprint density at radius 2 is 1.94 bits per heavy atom. The van der Waals surface area contributed by atoms with E-state index in [1.807, 2.05) is 7.05 Å². The molecular weight excluding hydrogens is 282 g/mol. The van der Waals surface area contributed by atoms with Crippen molar-refractivity contribution in [3.63, 3.8) is 0 Å². The lowest BCUT2D eigenvalue weighted by molar-refractivity contribution is 0.708.